The van der Waals surface area contributed by atoms with Crippen LogP contribution in [0.5, 0.6) is 5.75 Å². The van der Waals surface area contributed by atoms with E-state index in [1.807, 2.05) is 0 Å². The molecule has 45 heavy (non-hydrogen) atoms. The molecule has 0 spiro atoms. The molecule has 0 atom stereocenters. The van der Waals surface area contributed by atoms with Gasteiger partial charge in [-0.05, 0) is 66.6 Å². The number of nitrogens with zero attached hydrogens (tertiary/aromatic N) is 5. The number of aliphatic hydroxyl groups is 1. The molecule has 0 unspecified atom stereocenters. The topological polar surface area (TPSA) is 112 Å². The maximum absolute atomic E-state index is 15.0. The molecule has 2 heterocycles. The second kappa shape index (κ2) is 11.8. The third-order valence-electron chi connectivity index (χ3n) is 6.64. The normalized spacial score (nSPS) is 12.2. The van der Waals surface area contributed by atoms with Gasteiger partial charge in [0.05, 0.1) is 34.8 Å². The van der Waals surface area contributed by atoms with E-state index in [-0.39, 0.29) is 34.0 Å². The maximum Gasteiger partial charge on any atom is 0.573 e. The number of hydrogen-bond donors (Lipinski definition) is 1. The minimum Gasteiger partial charge on any atom is -0.406 e. The number of aliphatic hydroxyl groups excluding tert-OH is 1. The minimum atomic E-state index is -4.91. The van der Waals surface area contributed by atoms with Gasteiger partial charge in [-0.3, -0.25) is 4.57 Å². The van der Waals surface area contributed by atoms with Crippen LogP contribution in [0.2, 0.25) is 5.15 Å². The lowest BCUT2D eigenvalue weighted by Crippen LogP contribution is -2.16. The molecule has 0 fully saturated rings. The highest BCUT2D eigenvalue weighted by atomic mass is 35.5. The SMILES string of the molecule is Cc1nc(C(F)F)c(Cl)n1-c1ccc(-c2cc(F)c(CO)c(S(C)(=O)=O)c2)cc1-n1nncc1-c1ccc(OC(F)(F)F)cc1. The average molecular weight is 672 g/mol. The van der Waals surface area contributed by atoms with Crippen LogP contribution in [0.3, 0.4) is 0 Å². The summed E-state index contributed by atoms with van der Waals surface area (Å²) in [5, 5.41) is 17.2. The second-order valence-electron chi connectivity index (χ2n) is 9.64. The largest absolute Gasteiger partial charge is 0.573 e. The van der Waals surface area contributed by atoms with Crippen molar-refractivity contribution in [3.63, 3.8) is 0 Å². The summed E-state index contributed by atoms with van der Waals surface area (Å²) >= 11 is 6.33. The predicted molar refractivity (Wildman–Crippen MR) is 150 cm³/mol. The lowest BCUT2D eigenvalue weighted by atomic mass is 10.0. The van der Waals surface area contributed by atoms with Crippen molar-refractivity contribution in [3.05, 3.63) is 88.8 Å². The molecule has 1 N–H and O–H groups in total. The van der Waals surface area contributed by atoms with Gasteiger partial charge in [-0.15, -0.1) is 18.3 Å². The van der Waals surface area contributed by atoms with Gasteiger partial charge in [-0.1, -0.05) is 22.9 Å². The molecule has 2 aromatic heterocycles. The molecular formula is C28H20ClF6N5O4S. The molecule has 17 heteroatoms. The molecule has 9 nitrogen and oxygen atoms in total. The average Bonchev–Trinajstić information content (AvgIpc) is 3.55. The van der Waals surface area contributed by atoms with E-state index in [4.69, 9.17) is 11.6 Å². The maximum atomic E-state index is 15.0. The van der Waals surface area contributed by atoms with Crippen LogP contribution in [0.15, 0.2) is 65.7 Å². The van der Waals surface area contributed by atoms with E-state index in [2.05, 4.69) is 20.0 Å². The Labute approximate surface area is 256 Å². The number of imidazole rings is 1. The third-order valence-corrected chi connectivity index (χ3v) is 8.17. The standard InChI is InChI=1S/C28H20ClF6N5O4S/c1-14-37-25(27(31)32)26(29)39(14)21-8-5-16(17-9-20(30)19(13-41)24(11-17)45(2,42)43)10-22(21)40-23(12-36-38-40)15-3-6-18(7-4-15)44-28(33,34)35/h3-12,27,41H,13H2,1-2H3. The highest BCUT2D eigenvalue weighted by Crippen LogP contribution is 2.37. The summed E-state index contributed by atoms with van der Waals surface area (Å²) in [7, 11) is -3.99. The van der Waals surface area contributed by atoms with Gasteiger partial charge in [0.1, 0.15) is 28.2 Å². The van der Waals surface area contributed by atoms with Gasteiger partial charge in [0.2, 0.25) is 0 Å². The van der Waals surface area contributed by atoms with Crippen LogP contribution in [0.25, 0.3) is 33.8 Å². The molecule has 3 aromatic carbocycles. The van der Waals surface area contributed by atoms with Crippen molar-refractivity contribution >= 4 is 21.4 Å². The van der Waals surface area contributed by atoms with Crippen LogP contribution in [0.4, 0.5) is 26.3 Å². The zero-order valence-corrected chi connectivity index (χ0v) is 24.6. The van der Waals surface area contributed by atoms with Gasteiger partial charge < -0.3 is 9.84 Å². The van der Waals surface area contributed by atoms with Gasteiger partial charge in [-0.2, -0.15) is 0 Å². The summed E-state index contributed by atoms with van der Waals surface area (Å²) in [5.41, 5.74) is 0.0264. The van der Waals surface area contributed by atoms with E-state index in [0.717, 1.165) is 24.5 Å². The number of hydrogen-bond acceptors (Lipinski definition) is 7. The number of aromatic nitrogens is 5. The van der Waals surface area contributed by atoms with Crippen LogP contribution >= 0.6 is 11.6 Å². The Morgan fingerprint density at radius 1 is 1.00 bits per heavy atom. The first-order valence-electron chi connectivity index (χ1n) is 12.7. The number of benzene rings is 3. The molecule has 0 aliphatic rings. The van der Waals surface area contributed by atoms with Crippen molar-refractivity contribution in [2.24, 2.45) is 0 Å². The van der Waals surface area contributed by atoms with E-state index in [0.29, 0.717) is 5.56 Å². The van der Waals surface area contributed by atoms with E-state index < -0.39 is 62.1 Å². The fourth-order valence-corrected chi connectivity index (χ4v) is 6.00. The Morgan fingerprint density at radius 3 is 2.24 bits per heavy atom. The zero-order valence-electron chi connectivity index (χ0n) is 23.0. The summed E-state index contributed by atoms with van der Waals surface area (Å²) in [6, 6.07) is 11.3. The van der Waals surface area contributed by atoms with Crippen molar-refractivity contribution in [1.29, 1.82) is 0 Å². The third kappa shape index (κ3) is 6.39. The van der Waals surface area contributed by atoms with Crippen molar-refractivity contribution in [3.8, 4) is 39.5 Å². The first kappa shape index (κ1) is 32.0. The minimum absolute atomic E-state index is 0.0670. The van der Waals surface area contributed by atoms with Crippen molar-refractivity contribution in [1.82, 2.24) is 24.5 Å². The fourth-order valence-electron chi connectivity index (χ4n) is 4.71. The first-order chi connectivity index (χ1) is 21.1. The lowest BCUT2D eigenvalue weighted by molar-refractivity contribution is -0.274. The highest BCUT2D eigenvalue weighted by Gasteiger charge is 2.31. The van der Waals surface area contributed by atoms with Gasteiger partial charge >= 0.3 is 6.36 Å². The van der Waals surface area contributed by atoms with E-state index in [1.165, 1.54) is 58.8 Å². The van der Waals surface area contributed by atoms with E-state index >= 15 is 4.39 Å². The Bertz CT molecular complexity index is 2010. The van der Waals surface area contributed by atoms with Crippen LogP contribution in [0, 0.1) is 12.7 Å². The molecule has 5 aromatic rings. The Kier molecular flexibility index (Phi) is 8.41. The van der Waals surface area contributed by atoms with Gasteiger partial charge in [0.25, 0.3) is 6.43 Å². The smallest absolute Gasteiger partial charge is 0.406 e. The van der Waals surface area contributed by atoms with Gasteiger partial charge in [-0.25, -0.2) is 31.3 Å². The number of alkyl halides is 5. The van der Waals surface area contributed by atoms with Crippen LogP contribution in [0.1, 0.15) is 23.5 Å². The van der Waals surface area contributed by atoms with Gasteiger partial charge in [0.15, 0.2) is 9.84 Å². The summed E-state index contributed by atoms with van der Waals surface area (Å²) < 4.78 is 112. The Balaban J connectivity index is 1.74. The number of sulfone groups is 1. The first-order valence-corrected chi connectivity index (χ1v) is 14.9. The van der Waals surface area contributed by atoms with Gasteiger partial charge in [0, 0.05) is 17.4 Å². The number of ether oxygens (including phenoxy) is 1. The van der Waals surface area contributed by atoms with Crippen LogP contribution < -0.4 is 4.74 Å². The molecule has 0 saturated heterocycles. The molecule has 0 aliphatic heterocycles. The molecule has 236 valence electrons. The predicted octanol–water partition coefficient (Wildman–Crippen LogP) is 6.62. The van der Waals surface area contributed by atoms with E-state index in [9.17, 15) is 35.5 Å². The monoisotopic (exact) mass is 671 g/mol. The summed E-state index contributed by atoms with van der Waals surface area (Å²) in [6.45, 7) is 0.553. The van der Waals surface area contributed by atoms with Crippen molar-refractivity contribution in [2.45, 2.75) is 31.2 Å². The second-order valence-corrected chi connectivity index (χ2v) is 12.0. The Morgan fingerprint density at radius 2 is 1.67 bits per heavy atom. The zero-order chi connectivity index (χ0) is 32.8. The van der Waals surface area contributed by atoms with Crippen molar-refractivity contribution in [2.75, 3.05) is 6.26 Å². The molecule has 0 radical (unpaired) electrons. The van der Waals surface area contributed by atoms with Crippen LogP contribution in [-0.4, -0.2) is 50.7 Å². The summed E-state index contributed by atoms with van der Waals surface area (Å²) in [5.74, 6) is -1.40. The number of aryl methyl sites for hydroxylation is 1. The highest BCUT2D eigenvalue weighted by molar-refractivity contribution is 7.90. The molecule has 0 saturated carbocycles. The van der Waals surface area contributed by atoms with E-state index in [1.54, 1.807) is 0 Å². The lowest BCUT2D eigenvalue weighted by Gasteiger charge is -2.17. The number of halogens is 7. The molecule has 0 bridgehead atoms. The van der Waals surface area contributed by atoms with Crippen LogP contribution in [-0.2, 0) is 16.4 Å². The molecular weight excluding hydrogens is 652 g/mol. The quantitative estimate of drug-likeness (QED) is 0.185. The molecule has 5 rings (SSSR count). The number of rotatable bonds is 8. The fraction of sp³-hybridized carbons (Fsp3) is 0.179. The Hall–Kier alpha value is -4.41. The van der Waals surface area contributed by atoms with Crippen molar-refractivity contribution < 1.29 is 44.6 Å². The summed E-state index contributed by atoms with van der Waals surface area (Å²) in [4.78, 5) is 3.43. The molecule has 0 amide bonds. The summed E-state index contributed by atoms with van der Waals surface area (Å²) in [6.07, 6.45) is -5.77. The molecule has 0 aliphatic carbocycles.